The van der Waals surface area contributed by atoms with E-state index in [0.717, 1.165) is 5.69 Å². The summed E-state index contributed by atoms with van der Waals surface area (Å²) in [6.45, 7) is 5.56. The number of hydrogen-bond donors (Lipinski definition) is 2. The highest BCUT2D eigenvalue weighted by Crippen LogP contribution is 2.53. The summed E-state index contributed by atoms with van der Waals surface area (Å²) in [5.74, 6) is -2.88. The molecule has 166 valence electrons. The molecule has 32 heavy (non-hydrogen) atoms. The lowest BCUT2D eigenvalue weighted by molar-refractivity contribution is -0.158. The lowest BCUT2D eigenvalue weighted by atomic mass is 9.68. The van der Waals surface area contributed by atoms with Gasteiger partial charge in [0.2, 0.25) is 5.67 Å². The number of hydrogen-bond acceptors (Lipinski definition) is 2. The monoisotopic (exact) mass is 441 g/mol. The zero-order valence-corrected chi connectivity index (χ0v) is 17.8. The Morgan fingerprint density at radius 2 is 2.00 bits per heavy atom. The Morgan fingerprint density at radius 3 is 2.62 bits per heavy atom. The molecule has 0 spiro atoms. The second-order valence-electron chi connectivity index (χ2n) is 9.02. The van der Waals surface area contributed by atoms with Gasteiger partial charge in [-0.15, -0.1) is 0 Å². The van der Waals surface area contributed by atoms with E-state index in [1.165, 1.54) is 12.3 Å². The van der Waals surface area contributed by atoms with Crippen molar-refractivity contribution >= 4 is 27.8 Å². The molecule has 0 atom stereocenters. The molecule has 2 aromatic heterocycles. The van der Waals surface area contributed by atoms with E-state index in [1.54, 1.807) is 19.1 Å². The Kier molecular flexibility index (Phi) is 4.41. The quantitative estimate of drug-likeness (QED) is 0.415. The zero-order chi connectivity index (χ0) is 22.9. The van der Waals surface area contributed by atoms with Crippen LogP contribution in [0.3, 0.4) is 0 Å². The minimum absolute atomic E-state index is 0.0851. The van der Waals surface area contributed by atoms with Gasteiger partial charge >= 0.3 is 5.97 Å². The number of carbonyl (C=O) groups is 1. The van der Waals surface area contributed by atoms with Crippen molar-refractivity contribution in [1.29, 1.82) is 0 Å². The van der Waals surface area contributed by atoms with Crippen LogP contribution in [0.2, 0.25) is 0 Å². The molecular formula is C24H22F3N3O2. The maximum absolute atomic E-state index is 15.8. The maximum Gasteiger partial charge on any atom is 0.341 e. The number of fused-ring (bicyclic) bond motifs is 2. The van der Waals surface area contributed by atoms with Crippen molar-refractivity contribution in [3.8, 4) is 5.69 Å². The standard InChI is InChI=1S/C24H22F3N3O2/c1-11(2)22-18(14-8-24(27,9-14)23(31)32)19-17(7-13-10-28-29-21(13)20(19)26)30(22)15-4-5-16(25)12(3)6-15/h4-7,10-11,14H,8-9H2,1-3H3,(H,28,29)(H,31,32). The second kappa shape index (κ2) is 6.85. The first-order valence-corrected chi connectivity index (χ1v) is 10.5. The Labute approximate surface area is 181 Å². The minimum atomic E-state index is -2.31. The van der Waals surface area contributed by atoms with Gasteiger partial charge in [0, 0.05) is 22.2 Å². The smallest absolute Gasteiger partial charge is 0.341 e. The van der Waals surface area contributed by atoms with Crippen LogP contribution in [0.25, 0.3) is 27.5 Å². The van der Waals surface area contributed by atoms with Crippen LogP contribution < -0.4 is 0 Å². The number of aryl methyl sites for hydroxylation is 1. The van der Waals surface area contributed by atoms with Crippen LogP contribution in [0.5, 0.6) is 0 Å². The topological polar surface area (TPSA) is 70.9 Å². The average Bonchev–Trinajstić information content (AvgIpc) is 3.30. The van der Waals surface area contributed by atoms with Crippen molar-refractivity contribution < 1.29 is 23.1 Å². The van der Waals surface area contributed by atoms with E-state index in [1.807, 2.05) is 24.5 Å². The van der Waals surface area contributed by atoms with Crippen LogP contribution >= 0.6 is 0 Å². The molecule has 0 aliphatic heterocycles. The van der Waals surface area contributed by atoms with Gasteiger partial charge in [0.1, 0.15) is 11.3 Å². The first kappa shape index (κ1) is 20.6. The fourth-order valence-corrected chi connectivity index (χ4v) is 4.98. The molecule has 2 aromatic carbocycles. The Morgan fingerprint density at radius 1 is 1.28 bits per heavy atom. The molecule has 0 bridgehead atoms. The SMILES string of the molecule is Cc1cc(-n2c(C(C)C)c(C3CC(F)(C(=O)O)C3)c3c(F)c4[nH]ncc4cc32)ccc1F. The van der Waals surface area contributed by atoms with E-state index in [4.69, 9.17) is 0 Å². The number of aromatic nitrogens is 3. The molecule has 0 amide bonds. The molecule has 4 aromatic rings. The summed E-state index contributed by atoms with van der Waals surface area (Å²) in [5, 5.41) is 16.8. The number of carboxylic acid groups (broad SMARTS) is 1. The zero-order valence-electron chi connectivity index (χ0n) is 17.8. The fourth-order valence-electron chi connectivity index (χ4n) is 4.98. The number of aromatic amines is 1. The van der Waals surface area contributed by atoms with Crippen LogP contribution in [0.15, 0.2) is 30.5 Å². The summed E-state index contributed by atoms with van der Waals surface area (Å²) in [6, 6.07) is 6.50. The molecule has 5 nitrogen and oxygen atoms in total. The summed E-state index contributed by atoms with van der Waals surface area (Å²) >= 11 is 0. The van der Waals surface area contributed by atoms with E-state index in [0.29, 0.717) is 33.1 Å². The van der Waals surface area contributed by atoms with Gasteiger partial charge < -0.3 is 9.67 Å². The third-order valence-corrected chi connectivity index (χ3v) is 6.56. The number of benzene rings is 2. The highest BCUT2D eigenvalue weighted by Gasteiger charge is 2.53. The van der Waals surface area contributed by atoms with Crippen LogP contribution in [0.4, 0.5) is 13.2 Å². The number of alkyl halides is 1. The molecule has 2 N–H and O–H groups in total. The van der Waals surface area contributed by atoms with Crippen molar-refractivity contribution in [2.45, 2.75) is 51.1 Å². The van der Waals surface area contributed by atoms with Gasteiger partial charge in [0.15, 0.2) is 5.82 Å². The van der Waals surface area contributed by atoms with Gasteiger partial charge in [-0.25, -0.2) is 18.0 Å². The largest absolute Gasteiger partial charge is 0.479 e. The van der Waals surface area contributed by atoms with Gasteiger partial charge in [0.05, 0.1) is 11.7 Å². The molecular weight excluding hydrogens is 419 g/mol. The molecule has 0 radical (unpaired) electrons. The van der Waals surface area contributed by atoms with Gasteiger partial charge in [-0.05, 0) is 67.0 Å². The molecule has 0 saturated heterocycles. The summed E-state index contributed by atoms with van der Waals surface area (Å²) in [5.41, 5.74) is 0.980. The number of H-pyrrole nitrogens is 1. The summed E-state index contributed by atoms with van der Waals surface area (Å²) in [6.07, 6.45) is 1.09. The lowest BCUT2D eigenvalue weighted by Gasteiger charge is -2.39. The van der Waals surface area contributed by atoms with Gasteiger partial charge in [-0.2, -0.15) is 5.10 Å². The molecule has 1 aliphatic carbocycles. The summed E-state index contributed by atoms with van der Waals surface area (Å²) < 4.78 is 46.3. The fraction of sp³-hybridized carbons (Fsp3) is 0.333. The third kappa shape index (κ3) is 2.78. The normalized spacial score (nSPS) is 20.9. The number of nitrogens with zero attached hydrogens (tertiary/aromatic N) is 2. The molecule has 1 aliphatic rings. The van der Waals surface area contributed by atoms with Gasteiger partial charge in [0.25, 0.3) is 0 Å². The van der Waals surface area contributed by atoms with Crippen molar-refractivity contribution in [3.63, 3.8) is 0 Å². The molecule has 8 heteroatoms. The van der Waals surface area contributed by atoms with Gasteiger partial charge in [-0.1, -0.05) is 13.8 Å². The third-order valence-electron chi connectivity index (χ3n) is 6.56. The highest BCUT2D eigenvalue weighted by molar-refractivity contribution is 6.00. The summed E-state index contributed by atoms with van der Waals surface area (Å²) in [4.78, 5) is 11.4. The summed E-state index contributed by atoms with van der Waals surface area (Å²) in [7, 11) is 0. The van der Waals surface area contributed by atoms with Crippen molar-refractivity contribution in [3.05, 3.63) is 58.9 Å². The number of nitrogens with one attached hydrogen (secondary N) is 1. The minimum Gasteiger partial charge on any atom is -0.479 e. The lowest BCUT2D eigenvalue weighted by Crippen LogP contribution is -2.45. The van der Waals surface area contributed by atoms with E-state index < -0.39 is 23.4 Å². The van der Waals surface area contributed by atoms with Crippen LogP contribution in [0, 0.1) is 18.6 Å². The second-order valence-corrected chi connectivity index (χ2v) is 9.02. The number of carboxylic acids is 1. The van der Waals surface area contributed by atoms with Crippen molar-refractivity contribution in [1.82, 2.24) is 14.8 Å². The van der Waals surface area contributed by atoms with Crippen molar-refractivity contribution in [2.24, 2.45) is 0 Å². The molecule has 2 heterocycles. The molecule has 0 unspecified atom stereocenters. The Bertz CT molecular complexity index is 1400. The number of rotatable bonds is 4. The number of halogens is 3. The predicted molar refractivity (Wildman–Crippen MR) is 115 cm³/mol. The Hall–Kier alpha value is -3.29. The van der Waals surface area contributed by atoms with E-state index >= 15 is 4.39 Å². The average molecular weight is 441 g/mol. The number of aliphatic carboxylic acids is 1. The van der Waals surface area contributed by atoms with Gasteiger partial charge in [-0.3, -0.25) is 5.10 Å². The Balaban J connectivity index is 1.86. The molecule has 1 fully saturated rings. The highest BCUT2D eigenvalue weighted by atomic mass is 19.1. The van der Waals surface area contributed by atoms with Crippen LogP contribution in [0.1, 0.15) is 55.3 Å². The first-order chi connectivity index (χ1) is 15.1. The molecule has 5 rings (SSSR count). The van der Waals surface area contributed by atoms with Crippen molar-refractivity contribution in [2.75, 3.05) is 0 Å². The molecule has 1 saturated carbocycles. The van der Waals surface area contributed by atoms with E-state index in [2.05, 4.69) is 10.2 Å². The van der Waals surface area contributed by atoms with Crippen LogP contribution in [-0.2, 0) is 4.79 Å². The maximum atomic E-state index is 15.8. The van der Waals surface area contributed by atoms with E-state index in [9.17, 15) is 18.7 Å². The van der Waals surface area contributed by atoms with E-state index in [-0.39, 0.29) is 30.1 Å². The first-order valence-electron chi connectivity index (χ1n) is 10.5. The van der Waals surface area contributed by atoms with Crippen LogP contribution in [-0.4, -0.2) is 31.5 Å². The predicted octanol–water partition coefficient (Wildman–Crippen LogP) is 5.89.